The van der Waals surface area contributed by atoms with E-state index in [4.69, 9.17) is 0 Å². The summed E-state index contributed by atoms with van der Waals surface area (Å²) in [6, 6.07) is 7.43. The lowest BCUT2D eigenvalue weighted by Crippen LogP contribution is -2.43. The maximum atomic E-state index is 12.3. The molecule has 1 fully saturated rings. The number of aryl methyl sites for hydroxylation is 1. The molecule has 0 spiro atoms. The van der Waals surface area contributed by atoms with Gasteiger partial charge in [0.1, 0.15) is 0 Å². The van der Waals surface area contributed by atoms with Crippen molar-refractivity contribution in [1.29, 1.82) is 0 Å². The summed E-state index contributed by atoms with van der Waals surface area (Å²) in [6.45, 7) is 5.91. The van der Waals surface area contributed by atoms with Gasteiger partial charge in [0.15, 0.2) is 5.78 Å². The quantitative estimate of drug-likeness (QED) is 0.774. The Kier molecular flexibility index (Phi) is 7.16. The van der Waals surface area contributed by atoms with E-state index in [1.54, 1.807) is 4.90 Å². The highest BCUT2D eigenvalue weighted by Gasteiger charge is 2.27. The van der Waals surface area contributed by atoms with Crippen LogP contribution in [0.2, 0.25) is 0 Å². The van der Waals surface area contributed by atoms with E-state index in [9.17, 15) is 14.4 Å². The number of likely N-dealkylation sites (tertiary alicyclic amines) is 1. The second-order valence-corrected chi connectivity index (χ2v) is 6.74. The number of piperidine rings is 1. The molecule has 0 unspecified atom stereocenters. The smallest absolute Gasteiger partial charge is 0.223 e. The van der Waals surface area contributed by atoms with Crippen LogP contribution in [0.3, 0.4) is 0 Å². The van der Waals surface area contributed by atoms with Gasteiger partial charge < -0.3 is 10.2 Å². The van der Waals surface area contributed by atoms with Crippen molar-refractivity contribution in [3.05, 3.63) is 35.4 Å². The molecule has 5 nitrogen and oxygen atoms in total. The first-order valence-corrected chi connectivity index (χ1v) is 9.16. The van der Waals surface area contributed by atoms with Crippen molar-refractivity contribution in [2.24, 2.45) is 5.92 Å². The lowest BCUT2D eigenvalue weighted by molar-refractivity contribution is -0.135. The lowest BCUT2D eigenvalue weighted by Gasteiger charge is -2.31. The van der Waals surface area contributed by atoms with Crippen LogP contribution in [-0.2, 0) is 9.59 Å². The van der Waals surface area contributed by atoms with Gasteiger partial charge in [-0.05, 0) is 26.2 Å². The van der Waals surface area contributed by atoms with E-state index in [-0.39, 0.29) is 36.4 Å². The number of rotatable bonds is 7. The fourth-order valence-corrected chi connectivity index (χ4v) is 3.05. The standard InChI is InChI=1S/C20H28N2O3/c1-3-12-21-20(25)17-10-13-22(14-11-17)19(24)9-8-18(23)16-6-4-15(2)5-7-16/h4-7,17H,3,8-14H2,1-2H3,(H,21,25). The Morgan fingerprint density at radius 3 is 2.32 bits per heavy atom. The summed E-state index contributed by atoms with van der Waals surface area (Å²) >= 11 is 0. The SMILES string of the molecule is CCCNC(=O)C1CCN(C(=O)CCC(=O)c2ccc(C)cc2)CC1. The Balaban J connectivity index is 1.74. The summed E-state index contributed by atoms with van der Waals surface area (Å²) in [6.07, 6.45) is 2.80. The highest BCUT2D eigenvalue weighted by Crippen LogP contribution is 2.19. The minimum absolute atomic E-state index is 0.00202. The maximum absolute atomic E-state index is 12.3. The van der Waals surface area contributed by atoms with E-state index >= 15 is 0 Å². The number of hydrogen-bond donors (Lipinski definition) is 1. The van der Waals surface area contributed by atoms with E-state index in [0.29, 0.717) is 38.0 Å². The largest absolute Gasteiger partial charge is 0.356 e. The summed E-state index contributed by atoms with van der Waals surface area (Å²) in [4.78, 5) is 38.2. The van der Waals surface area contributed by atoms with Gasteiger partial charge in [0.2, 0.25) is 11.8 Å². The third-order valence-corrected chi connectivity index (χ3v) is 4.71. The average Bonchev–Trinajstić information content (AvgIpc) is 2.64. The van der Waals surface area contributed by atoms with Crippen LogP contribution in [-0.4, -0.2) is 42.1 Å². The second-order valence-electron chi connectivity index (χ2n) is 6.74. The predicted molar refractivity (Wildman–Crippen MR) is 97.3 cm³/mol. The third-order valence-electron chi connectivity index (χ3n) is 4.71. The van der Waals surface area contributed by atoms with Crippen molar-refractivity contribution >= 4 is 17.6 Å². The molecule has 1 aromatic rings. The van der Waals surface area contributed by atoms with Crippen LogP contribution >= 0.6 is 0 Å². The number of amides is 2. The molecule has 1 heterocycles. The van der Waals surface area contributed by atoms with Crippen LogP contribution in [0.1, 0.15) is 54.9 Å². The zero-order valence-electron chi connectivity index (χ0n) is 15.2. The van der Waals surface area contributed by atoms with Gasteiger partial charge >= 0.3 is 0 Å². The Bertz CT molecular complexity index is 602. The molecule has 136 valence electrons. The summed E-state index contributed by atoms with van der Waals surface area (Å²) in [5, 5.41) is 2.92. The van der Waals surface area contributed by atoms with Crippen LogP contribution in [0.4, 0.5) is 0 Å². The van der Waals surface area contributed by atoms with Gasteiger partial charge in [-0.2, -0.15) is 0 Å². The molecule has 1 aliphatic heterocycles. The third kappa shape index (κ3) is 5.69. The minimum atomic E-state index is 0.00202. The monoisotopic (exact) mass is 344 g/mol. The molecule has 0 aromatic heterocycles. The minimum Gasteiger partial charge on any atom is -0.356 e. The van der Waals surface area contributed by atoms with Crippen molar-refractivity contribution in [3.8, 4) is 0 Å². The number of carbonyl (C=O) groups is 3. The van der Waals surface area contributed by atoms with Crippen molar-refractivity contribution in [2.45, 2.75) is 46.0 Å². The summed E-state index contributed by atoms with van der Waals surface area (Å²) in [7, 11) is 0. The normalized spacial score (nSPS) is 15.0. The second kappa shape index (κ2) is 9.35. The topological polar surface area (TPSA) is 66.5 Å². The van der Waals surface area contributed by atoms with Gasteiger partial charge in [0, 0.05) is 44.0 Å². The Labute approximate surface area is 149 Å². The molecule has 0 radical (unpaired) electrons. The Morgan fingerprint density at radius 2 is 1.72 bits per heavy atom. The average molecular weight is 344 g/mol. The highest BCUT2D eigenvalue weighted by molar-refractivity contribution is 5.98. The van der Waals surface area contributed by atoms with Gasteiger partial charge in [-0.15, -0.1) is 0 Å². The number of Topliss-reactive ketones (excluding diaryl/α,β-unsaturated/α-hetero) is 1. The molecular formula is C20H28N2O3. The molecular weight excluding hydrogens is 316 g/mol. The number of nitrogens with zero attached hydrogens (tertiary/aromatic N) is 1. The fraction of sp³-hybridized carbons (Fsp3) is 0.550. The maximum Gasteiger partial charge on any atom is 0.223 e. The molecule has 0 aliphatic carbocycles. The van der Waals surface area contributed by atoms with Crippen molar-refractivity contribution < 1.29 is 14.4 Å². The van der Waals surface area contributed by atoms with E-state index < -0.39 is 0 Å². The van der Waals surface area contributed by atoms with Crippen molar-refractivity contribution in [3.63, 3.8) is 0 Å². The molecule has 1 aliphatic rings. The first-order chi connectivity index (χ1) is 12.0. The zero-order chi connectivity index (χ0) is 18.2. The van der Waals surface area contributed by atoms with Crippen molar-refractivity contribution in [2.75, 3.05) is 19.6 Å². The van der Waals surface area contributed by atoms with Crippen LogP contribution < -0.4 is 5.32 Å². The molecule has 0 saturated carbocycles. The molecule has 1 saturated heterocycles. The lowest BCUT2D eigenvalue weighted by atomic mass is 9.95. The van der Waals surface area contributed by atoms with E-state index in [1.165, 1.54) is 0 Å². The number of hydrogen-bond acceptors (Lipinski definition) is 3. The van der Waals surface area contributed by atoms with Crippen LogP contribution in [0.25, 0.3) is 0 Å². The number of ketones is 1. The molecule has 5 heteroatoms. The molecule has 25 heavy (non-hydrogen) atoms. The number of carbonyl (C=O) groups excluding carboxylic acids is 3. The number of benzene rings is 1. The number of nitrogens with one attached hydrogen (secondary N) is 1. The van der Waals surface area contributed by atoms with Gasteiger partial charge in [-0.3, -0.25) is 14.4 Å². The Morgan fingerprint density at radius 1 is 1.08 bits per heavy atom. The molecule has 1 aromatic carbocycles. The summed E-state index contributed by atoms with van der Waals surface area (Å²) in [5.74, 6) is 0.114. The molecule has 0 bridgehead atoms. The van der Waals surface area contributed by atoms with Crippen LogP contribution in [0.15, 0.2) is 24.3 Å². The van der Waals surface area contributed by atoms with E-state index in [0.717, 1.165) is 12.0 Å². The van der Waals surface area contributed by atoms with Gasteiger partial charge in [0.25, 0.3) is 0 Å². The molecule has 1 N–H and O–H groups in total. The molecule has 2 rings (SSSR count). The van der Waals surface area contributed by atoms with Gasteiger partial charge in [-0.1, -0.05) is 36.8 Å². The molecule has 0 atom stereocenters. The Hall–Kier alpha value is -2.17. The first kappa shape index (κ1) is 19.2. The van der Waals surface area contributed by atoms with E-state index in [1.807, 2.05) is 38.1 Å². The fourth-order valence-electron chi connectivity index (χ4n) is 3.05. The highest BCUT2D eigenvalue weighted by atomic mass is 16.2. The van der Waals surface area contributed by atoms with Crippen LogP contribution in [0, 0.1) is 12.8 Å². The van der Waals surface area contributed by atoms with Gasteiger partial charge in [-0.25, -0.2) is 0 Å². The predicted octanol–water partition coefficient (Wildman–Crippen LogP) is 2.72. The van der Waals surface area contributed by atoms with E-state index in [2.05, 4.69) is 5.32 Å². The summed E-state index contributed by atoms with van der Waals surface area (Å²) < 4.78 is 0. The first-order valence-electron chi connectivity index (χ1n) is 9.16. The van der Waals surface area contributed by atoms with Crippen LogP contribution in [0.5, 0.6) is 0 Å². The summed E-state index contributed by atoms with van der Waals surface area (Å²) in [5.41, 5.74) is 1.77. The van der Waals surface area contributed by atoms with Crippen molar-refractivity contribution in [1.82, 2.24) is 10.2 Å². The van der Waals surface area contributed by atoms with Gasteiger partial charge in [0.05, 0.1) is 0 Å². The zero-order valence-corrected chi connectivity index (χ0v) is 15.2. The molecule has 2 amide bonds.